The van der Waals surface area contributed by atoms with E-state index in [1.165, 1.54) is 18.2 Å². The van der Waals surface area contributed by atoms with E-state index in [0.717, 1.165) is 5.69 Å². The number of amides is 3. The summed E-state index contributed by atoms with van der Waals surface area (Å²) in [4.78, 5) is 37.8. The Balaban J connectivity index is 1.52. The Morgan fingerprint density at radius 2 is 1.77 bits per heavy atom. The van der Waals surface area contributed by atoms with E-state index in [2.05, 4.69) is 10.6 Å². The van der Waals surface area contributed by atoms with Crippen molar-refractivity contribution in [1.82, 2.24) is 5.32 Å². The number of anilines is 2. The van der Waals surface area contributed by atoms with Crippen LogP contribution in [0.4, 0.5) is 15.8 Å². The molecule has 7 heteroatoms. The summed E-state index contributed by atoms with van der Waals surface area (Å²) in [6.07, 6.45) is 0.0929. The highest BCUT2D eigenvalue weighted by molar-refractivity contribution is 6.01. The lowest BCUT2D eigenvalue weighted by molar-refractivity contribution is -0.127. The van der Waals surface area contributed by atoms with Crippen molar-refractivity contribution < 1.29 is 18.8 Å². The maximum Gasteiger partial charge on any atom is 0.243 e. The number of carbonyl (C=O) groups excluding carboxylic acids is 3. The lowest BCUT2D eigenvalue weighted by Gasteiger charge is -2.16. The van der Waals surface area contributed by atoms with Crippen molar-refractivity contribution in [3.05, 3.63) is 60.4 Å². The van der Waals surface area contributed by atoms with Crippen molar-refractivity contribution in [3.63, 3.8) is 0 Å². The zero-order valence-corrected chi connectivity index (χ0v) is 13.9. The second-order valence-corrected chi connectivity index (χ2v) is 5.99. The summed E-state index contributed by atoms with van der Waals surface area (Å²) >= 11 is 0. The number of nitrogens with one attached hydrogen (secondary N) is 2. The highest BCUT2D eigenvalue weighted by Gasteiger charge is 2.35. The highest BCUT2D eigenvalue weighted by atomic mass is 19.1. The summed E-state index contributed by atoms with van der Waals surface area (Å²) in [5.41, 5.74) is 0.795. The van der Waals surface area contributed by atoms with Gasteiger partial charge in [-0.1, -0.05) is 30.3 Å². The fourth-order valence-electron chi connectivity index (χ4n) is 2.81. The molecule has 0 radical (unpaired) electrons. The summed E-state index contributed by atoms with van der Waals surface area (Å²) in [6.45, 7) is -0.0210. The maximum atomic E-state index is 13.5. The molecule has 2 aromatic rings. The Labute approximate surface area is 150 Å². The molecule has 0 unspecified atom stereocenters. The number of benzene rings is 2. The third kappa shape index (κ3) is 4.05. The second kappa shape index (κ2) is 7.77. The molecule has 3 rings (SSSR count). The molecule has 26 heavy (non-hydrogen) atoms. The van der Waals surface area contributed by atoms with Crippen molar-refractivity contribution in [2.45, 2.75) is 6.42 Å². The van der Waals surface area contributed by atoms with Crippen molar-refractivity contribution in [3.8, 4) is 0 Å². The molecule has 0 spiro atoms. The molecule has 3 amide bonds. The summed E-state index contributed by atoms with van der Waals surface area (Å²) in [6, 6.07) is 14.9. The molecule has 0 aliphatic carbocycles. The van der Waals surface area contributed by atoms with Gasteiger partial charge in [0.25, 0.3) is 0 Å². The second-order valence-electron chi connectivity index (χ2n) is 5.99. The van der Waals surface area contributed by atoms with Crippen LogP contribution in [0, 0.1) is 11.7 Å². The predicted octanol–water partition coefficient (Wildman–Crippen LogP) is 1.93. The van der Waals surface area contributed by atoms with Crippen molar-refractivity contribution >= 4 is 29.1 Å². The van der Waals surface area contributed by atoms with Crippen molar-refractivity contribution in [2.24, 2.45) is 5.92 Å². The van der Waals surface area contributed by atoms with E-state index < -0.39 is 17.6 Å². The maximum absolute atomic E-state index is 13.5. The Morgan fingerprint density at radius 3 is 2.50 bits per heavy atom. The number of hydrogen-bond acceptors (Lipinski definition) is 3. The molecule has 1 saturated heterocycles. The fourth-order valence-corrected chi connectivity index (χ4v) is 2.81. The number of rotatable bonds is 5. The first kappa shape index (κ1) is 17.6. The van der Waals surface area contributed by atoms with E-state index in [-0.39, 0.29) is 37.0 Å². The van der Waals surface area contributed by atoms with Gasteiger partial charge in [0.1, 0.15) is 5.82 Å². The zero-order chi connectivity index (χ0) is 18.5. The van der Waals surface area contributed by atoms with Crippen LogP contribution in [0.1, 0.15) is 6.42 Å². The zero-order valence-electron chi connectivity index (χ0n) is 13.9. The Hall–Kier alpha value is -3.22. The molecule has 0 saturated carbocycles. The predicted molar refractivity (Wildman–Crippen MR) is 94.9 cm³/mol. The summed E-state index contributed by atoms with van der Waals surface area (Å²) < 4.78 is 13.5. The first-order chi connectivity index (χ1) is 12.5. The van der Waals surface area contributed by atoms with Crippen LogP contribution in [-0.4, -0.2) is 30.8 Å². The van der Waals surface area contributed by atoms with Crippen LogP contribution in [0.2, 0.25) is 0 Å². The van der Waals surface area contributed by atoms with Crippen LogP contribution in [0.25, 0.3) is 0 Å². The van der Waals surface area contributed by atoms with Gasteiger partial charge in [-0.05, 0) is 24.3 Å². The molecule has 2 N–H and O–H groups in total. The average Bonchev–Trinajstić information content (AvgIpc) is 3.04. The molecule has 6 nitrogen and oxygen atoms in total. The van der Waals surface area contributed by atoms with Crippen molar-refractivity contribution in [2.75, 3.05) is 23.3 Å². The van der Waals surface area contributed by atoms with Gasteiger partial charge in [-0.25, -0.2) is 4.39 Å². The normalized spacial score (nSPS) is 16.4. The smallest absolute Gasteiger partial charge is 0.243 e. The standard InChI is InChI=1S/C19H18FN3O3/c20-15-8-4-5-9-16(15)22-17(24)11-21-19(26)13-10-18(25)23(12-13)14-6-2-1-3-7-14/h1-9,13H,10-12H2,(H,21,26)(H,22,24)/t13-/m1/s1. The van der Waals surface area contributed by atoms with Crippen LogP contribution in [-0.2, 0) is 14.4 Å². The molecule has 1 aliphatic heterocycles. The molecule has 0 bridgehead atoms. The van der Waals surface area contributed by atoms with Gasteiger partial charge in [-0.2, -0.15) is 0 Å². The SMILES string of the molecule is O=C(CNC(=O)[C@@H]1CC(=O)N(c2ccccc2)C1)Nc1ccccc1F. The van der Waals surface area contributed by atoms with Gasteiger partial charge in [0.05, 0.1) is 18.2 Å². The Bertz CT molecular complexity index is 826. The first-order valence-electron chi connectivity index (χ1n) is 8.22. The summed E-state index contributed by atoms with van der Waals surface area (Å²) in [7, 11) is 0. The van der Waals surface area contributed by atoms with Crippen LogP contribution in [0.5, 0.6) is 0 Å². The Morgan fingerprint density at radius 1 is 1.08 bits per heavy atom. The summed E-state index contributed by atoms with van der Waals surface area (Å²) in [5.74, 6) is -2.11. The molecule has 1 atom stereocenters. The first-order valence-corrected chi connectivity index (χ1v) is 8.22. The number of nitrogens with zero attached hydrogens (tertiary/aromatic N) is 1. The lowest BCUT2D eigenvalue weighted by Crippen LogP contribution is -2.38. The highest BCUT2D eigenvalue weighted by Crippen LogP contribution is 2.24. The van der Waals surface area contributed by atoms with E-state index in [1.54, 1.807) is 23.1 Å². The van der Waals surface area contributed by atoms with Crippen LogP contribution in [0.3, 0.4) is 0 Å². The molecule has 134 valence electrons. The molecule has 1 fully saturated rings. The number of halogens is 1. The number of carbonyl (C=O) groups is 3. The average molecular weight is 355 g/mol. The number of hydrogen-bond donors (Lipinski definition) is 2. The molecular formula is C19H18FN3O3. The van der Waals surface area contributed by atoms with Gasteiger partial charge < -0.3 is 15.5 Å². The van der Waals surface area contributed by atoms with Gasteiger partial charge in [0.2, 0.25) is 17.7 Å². The quantitative estimate of drug-likeness (QED) is 0.860. The summed E-state index contributed by atoms with van der Waals surface area (Å²) in [5, 5.41) is 4.90. The largest absolute Gasteiger partial charge is 0.347 e. The van der Waals surface area contributed by atoms with Crippen LogP contribution in [0.15, 0.2) is 54.6 Å². The van der Waals surface area contributed by atoms with Gasteiger partial charge in [0, 0.05) is 18.7 Å². The van der Waals surface area contributed by atoms with E-state index in [0.29, 0.717) is 0 Å². The van der Waals surface area contributed by atoms with Gasteiger partial charge in [-0.15, -0.1) is 0 Å². The molecule has 2 aromatic carbocycles. The molecular weight excluding hydrogens is 337 g/mol. The lowest BCUT2D eigenvalue weighted by atomic mass is 10.1. The Kier molecular flexibility index (Phi) is 5.26. The monoisotopic (exact) mass is 355 g/mol. The third-order valence-corrected chi connectivity index (χ3v) is 4.13. The number of para-hydroxylation sites is 2. The van der Waals surface area contributed by atoms with Gasteiger partial charge >= 0.3 is 0 Å². The van der Waals surface area contributed by atoms with E-state index in [4.69, 9.17) is 0 Å². The minimum atomic E-state index is -0.549. The van der Waals surface area contributed by atoms with Crippen LogP contribution < -0.4 is 15.5 Å². The van der Waals surface area contributed by atoms with Gasteiger partial charge in [0.15, 0.2) is 0 Å². The van der Waals surface area contributed by atoms with E-state index >= 15 is 0 Å². The molecule has 1 aliphatic rings. The minimum Gasteiger partial charge on any atom is -0.347 e. The topological polar surface area (TPSA) is 78.5 Å². The van der Waals surface area contributed by atoms with E-state index in [1.807, 2.05) is 18.2 Å². The third-order valence-electron chi connectivity index (χ3n) is 4.13. The van der Waals surface area contributed by atoms with Gasteiger partial charge in [-0.3, -0.25) is 14.4 Å². The van der Waals surface area contributed by atoms with E-state index in [9.17, 15) is 18.8 Å². The van der Waals surface area contributed by atoms with Crippen LogP contribution >= 0.6 is 0 Å². The fraction of sp³-hybridized carbons (Fsp3) is 0.211. The molecule has 0 aromatic heterocycles. The van der Waals surface area contributed by atoms with Crippen molar-refractivity contribution in [1.29, 1.82) is 0 Å². The molecule has 1 heterocycles. The minimum absolute atomic E-state index is 0.0537.